The van der Waals surface area contributed by atoms with Crippen molar-refractivity contribution in [2.75, 3.05) is 0 Å². The zero-order valence-corrected chi connectivity index (χ0v) is 10.4. The van der Waals surface area contributed by atoms with Crippen molar-refractivity contribution in [1.82, 2.24) is 4.57 Å². The van der Waals surface area contributed by atoms with E-state index >= 15 is 0 Å². The second kappa shape index (κ2) is 4.31. The smallest absolute Gasteiger partial charge is 0.352 e. The van der Waals surface area contributed by atoms with E-state index in [9.17, 15) is 4.79 Å². The predicted molar refractivity (Wildman–Crippen MR) is 65.4 cm³/mol. The topological polar surface area (TPSA) is 42.2 Å². The van der Waals surface area contributed by atoms with Crippen LogP contribution in [0, 0.1) is 0 Å². The van der Waals surface area contributed by atoms with Gasteiger partial charge in [-0.05, 0) is 46.3 Å². The Morgan fingerprint density at radius 1 is 1.38 bits per heavy atom. The van der Waals surface area contributed by atoms with Gasteiger partial charge in [-0.1, -0.05) is 11.6 Å². The van der Waals surface area contributed by atoms with Gasteiger partial charge in [-0.25, -0.2) is 4.79 Å². The van der Waals surface area contributed by atoms with Crippen LogP contribution in [0.5, 0.6) is 0 Å². The summed E-state index contributed by atoms with van der Waals surface area (Å²) in [6.07, 6.45) is 1.68. The van der Waals surface area contributed by atoms with Gasteiger partial charge in [-0.2, -0.15) is 0 Å². The van der Waals surface area contributed by atoms with Crippen molar-refractivity contribution < 1.29 is 9.90 Å². The summed E-state index contributed by atoms with van der Waals surface area (Å²) < 4.78 is 2.36. The molecule has 2 rings (SSSR count). The number of hydrogen-bond donors (Lipinski definition) is 1. The third-order valence-electron chi connectivity index (χ3n) is 2.14. The molecular weight excluding hydrogens is 293 g/mol. The molecule has 1 N–H and O–H groups in total. The van der Waals surface area contributed by atoms with Crippen molar-refractivity contribution in [3.8, 4) is 5.69 Å². The van der Waals surface area contributed by atoms with Crippen LogP contribution in [0.2, 0.25) is 5.02 Å². The zero-order chi connectivity index (χ0) is 11.7. The van der Waals surface area contributed by atoms with Gasteiger partial charge in [0.2, 0.25) is 0 Å². The Kier molecular flexibility index (Phi) is 3.03. The average molecular weight is 301 g/mol. The number of aromatic carboxylic acids is 1. The number of carbonyl (C=O) groups is 1. The molecule has 16 heavy (non-hydrogen) atoms. The maximum atomic E-state index is 11.0. The number of halogens is 2. The molecule has 0 spiro atoms. The molecule has 0 saturated heterocycles. The quantitative estimate of drug-likeness (QED) is 0.921. The van der Waals surface area contributed by atoms with E-state index in [1.54, 1.807) is 35.0 Å². The van der Waals surface area contributed by atoms with Gasteiger partial charge in [-0.15, -0.1) is 0 Å². The van der Waals surface area contributed by atoms with Gasteiger partial charge in [0.05, 0.1) is 5.69 Å². The third-order valence-corrected chi connectivity index (χ3v) is 3.04. The molecule has 0 radical (unpaired) electrons. The summed E-state index contributed by atoms with van der Waals surface area (Å²) in [5, 5.41) is 9.57. The zero-order valence-electron chi connectivity index (χ0n) is 8.02. The Labute approximate surface area is 105 Å². The maximum absolute atomic E-state index is 11.0. The molecule has 1 heterocycles. The normalized spacial score (nSPS) is 10.4. The van der Waals surface area contributed by atoms with Gasteiger partial charge in [0.15, 0.2) is 0 Å². The summed E-state index contributed by atoms with van der Waals surface area (Å²) in [6, 6.07) is 8.44. The number of rotatable bonds is 2. The summed E-state index contributed by atoms with van der Waals surface area (Å²) in [7, 11) is 0. The first-order valence-corrected chi connectivity index (χ1v) is 5.63. The van der Waals surface area contributed by atoms with E-state index in [1.165, 1.54) is 6.07 Å². The first-order valence-electron chi connectivity index (χ1n) is 4.45. The number of nitrogens with zero attached hydrogens (tertiary/aromatic N) is 1. The van der Waals surface area contributed by atoms with Crippen LogP contribution in [0.1, 0.15) is 10.5 Å². The molecule has 1 aromatic carbocycles. The van der Waals surface area contributed by atoms with Crippen LogP contribution in [0.15, 0.2) is 41.0 Å². The van der Waals surface area contributed by atoms with Crippen molar-refractivity contribution in [2.24, 2.45) is 0 Å². The van der Waals surface area contributed by atoms with Crippen LogP contribution in [0.25, 0.3) is 5.69 Å². The highest BCUT2D eigenvalue weighted by atomic mass is 79.9. The lowest BCUT2D eigenvalue weighted by Crippen LogP contribution is -2.06. The lowest BCUT2D eigenvalue weighted by Gasteiger charge is -2.09. The van der Waals surface area contributed by atoms with Gasteiger partial charge in [0.25, 0.3) is 0 Å². The Morgan fingerprint density at radius 3 is 2.81 bits per heavy atom. The van der Waals surface area contributed by atoms with Gasteiger partial charge < -0.3 is 9.67 Å². The van der Waals surface area contributed by atoms with Gasteiger partial charge in [0.1, 0.15) is 5.69 Å². The van der Waals surface area contributed by atoms with E-state index in [2.05, 4.69) is 15.9 Å². The minimum Gasteiger partial charge on any atom is -0.477 e. The van der Waals surface area contributed by atoms with Crippen molar-refractivity contribution in [2.45, 2.75) is 0 Å². The van der Waals surface area contributed by atoms with E-state index in [4.69, 9.17) is 16.7 Å². The molecule has 82 valence electrons. The fourth-order valence-electron chi connectivity index (χ4n) is 1.44. The number of benzene rings is 1. The molecule has 5 heteroatoms. The number of carboxylic acid groups (broad SMARTS) is 1. The van der Waals surface area contributed by atoms with Crippen LogP contribution in [0.3, 0.4) is 0 Å². The molecule has 0 aliphatic heterocycles. The third kappa shape index (κ3) is 1.99. The minimum absolute atomic E-state index is 0.197. The highest BCUT2D eigenvalue weighted by Crippen LogP contribution is 2.26. The van der Waals surface area contributed by atoms with Crippen LogP contribution >= 0.6 is 27.5 Å². The monoisotopic (exact) mass is 299 g/mol. The molecular formula is C11H7BrClNO2. The molecule has 0 amide bonds. The lowest BCUT2D eigenvalue weighted by atomic mass is 10.3. The minimum atomic E-state index is -0.975. The molecule has 0 bridgehead atoms. The molecule has 0 atom stereocenters. The summed E-state index contributed by atoms with van der Waals surface area (Å²) in [4.78, 5) is 11.0. The second-order valence-corrected chi connectivity index (χ2v) is 4.46. The first-order chi connectivity index (χ1) is 7.59. The Bertz CT molecular complexity index is 551. The van der Waals surface area contributed by atoms with E-state index in [0.29, 0.717) is 10.7 Å². The molecule has 2 aromatic rings. The van der Waals surface area contributed by atoms with Gasteiger partial charge >= 0.3 is 5.97 Å². The molecule has 1 aromatic heterocycles. The highest BCUT2D eigenvalue weighted by molar-refractivity contribution is 9.10. The standard InChI is InChI=1S/C11H7BrClNO2/c12-8-4-3-7(13)6-10(8)14-5-1-2-9(14)11(15)16/h1-6H,(H,15,16). The molecule has 0 unspecified atom stereocenters. The van der Waals surface area contributed by atoms with E-state index < -0.39 is 5.97 Å². The van der Waals surface area contributed by atoms with E-state index in [1.807, 2.05) is 0 Å². The molecule has 3 nitrogen and oxygen atoms in total. The Hall–Kier alpha value is -1.26. The van der Waals surface area contributed by atoms with Crippen molar-refractivity contribution in [1.29, 1.82) is 0 Å². The van der Waals surface area contributed by atoms with Gasteiger partial charge in [-0.3, -0.25) is 0 Å². The second-order valence-electron chi connectivity index (χ2n) is 3.16. The van der Waals surface area contributed by atoms with E-state index in [0.717, 1.165) is 4.47 Å². The predicted octanol–water partition coefficient (Wildman–Crippen LogP) is 3.59. The van der Waals surface area contributed by atoms with Crippen LogP contribution in [-0.4, -0.2) is 15.6 Å². The first kappa shape index (κ1) is 11.2. The van der Waals surface area contributed by atoms with Crippen molar-refractivity contribution >= 4 is 33.5 Å². The Balaban J connectivity index is 2.62. The fraction of sp³-hybridized carbons (Fsp3) is 0. The summed E-state index contributed by atoms with van der Waals surface area (Å²) in [5.41, 5.74) is 0.901. The average Bonchev–Trinajstić information content (AvgIpc) is 2.70. The lowest BCUT2D eigenvalue weighted by molar-refractivity contribution is 0.0688. The molecule has 0 saturated carbocycles. The summed E-state index contributed by atoms with van der Waals surface area (Å²) in [5.74, 6) is -0.975. The number of hydrogen-bond acceptors (Lipinski definition) is 1. The van der Waals surface area contributed by atoms with Crippen molar-refractivity contribution in [3.05, 3.63) is 51.7 Å². The molecule has 0 aliphatic carbocycles. The van der Waals surface area contributed by atoms with Crippen LogP contribution < -0.4 is 0 Å². The maximum Gasteiger partial charge on any atom is 0.352 e. The van der Waals surface area contributed by atoms with Crippen molar-refractivity contribution in [3.63, 3.8) is 0 Å². The SMILES string of the molecule is O=C(O)c1cccn1-c1cc(Cl)ccc1Br. The number of aromatic nitrogens is 1. The summed E-state index contributed by atoms with van der Waals surface area (Å²) in [6.45, 7) is 0. The highest BCUT2D eigenvalue weighted by Gasteiger charge is 2.12. The van der Waals surface area contributed by atoms with E-state index in [-0.39, 0.29) is 5.69 Å². The Morgan fingerprint density at radius 2 is 2.12 bits per heavy atom. The van der Waals surface area contributed by atoms with Crippen LogP contribution in [-0.2, 0) is 0 Å². The van der Waals surface area contributed by atoms with Crippen LogP contribution in [0.4, 0.5) is 0 Å². The number of carboxylic acids is 1. The largest absolute Gasteiger partial charge is 0.477 e. The fourth-order valence-corrected chi connectivity index (χ4v) is 2.04. The molecule has 0 aliphatic rings. The molecule has 0 fully saturated rings. The van der Waals surface area contributed by atoms with Gasteiger partial charge in [0, 0.05) is 15.7 Å². The summed E-state index contributed by atoms with van der Waals surface area (Å²) >= 11 is 9.25.